The molecule has 1 atom stereocenters. The van der Waals surface area contributed by atoms with Crippen LogP contribution in [0.4, 0.5) is 8.78 Å². The lowest BCUT2D eigenvalue weighted by atomic mass is 10.1. The standard InChI is InChI=1S/C12H21F2N3/c1-4-6-15-11(12(13)14)8-10-7-9(5-2)16-17(10)3/h7,11-12,15H,4-6,8H2,1-3H3. The molecule has 0 aliphatic rings. The molecule has 0 aromatic carbocycles. The normalized spacial score (nSPS) is 13.3. The molecule has 1 N–H and O–H groups in total. The van der Waals surface area contributed by atoms with Gasteiger partial charge in [0.2, 0.25) is 0 Å². The first-order valence-corrected chi connectivity index (χ1v) is 6.11. The maximum atomic E-state index is 12.8. The third-order valence-electron chi connectivity index (χ3n) is 2.78. The zero-order valence-electron chi connectivity index (χ0n) is 10.7. The lowest BCUT2D eigenvalue weighted by Crippen LogP contribution is -2.38. The summed E-state index contributed by atoms with van der Waals surface area (Å²) in [6, 6.07) is 1.12. The highest BCUT2D eigenvalue weighted by Crippen LogP contribution is 2.11. The van der Waals surface area contributed by atoms with Gasteiger partial charge in [0.1, 0.15) is 0 Å². The molecule has 0 aliphatic heterocycles. The van der Waals surface area contributed by atoms with E-state index in [0.29, 0.717) is 13.0 Å². The highest BCUT2D eigenvalue weighted by Gasteiger charge is 2.21. The molecule has 1 rings (SSSR count). The van der Waals surface area contributed by atoms with Crippen LogP contribution in [0.5, 0.6) is 0 Å². The molecule has 0 bridgehead atoms. The van der Waals surface area contributed by atoms with Gasteiger partial charge in [-0.05, 0) is 25.5 Å². The van der Waals surface area contributed by atoms with Crippen molar-refractivity contribution in [3.8, 4) is 0 Å². The van der Waals surface area contributed by atoms with Crippen LogP contribution in [0.2, 0.25) is 0 Å². The Balaban J connectivity index is 2.67. The van der Waals surface area contributed by atoms with Gasteiger partial charge in [-0.2, -0.15) is 5.10 Å². The summed E-state index contributed by atoms with van der Waals surface area (Å²) in [6.07, 6.45) is -0.340. The molecule has 0 radical (unpaired) electrons. The number of nitrogens with zero attached hydrogens (tertiary/aromatic N) is 2. The molecule has 0 saturated heterocycles. The van der Waals surface area contributed by atoms with E-state index in [4.69, 9.17) is 0 Å². The fourth-order valence-electron chi connectivity index (χ4n) is 1.74. The molecular weight excluding hydrogens is 224 g/mol. The maximum absolute atomic E-state index is 12.8. The minimum absolute atomic E-state index is 0.321. The number of hydrogen-bond donors (Lipinski definition) is 1. The summed E-state index contributed by atoms with van der Waals surface area (Å²) in [5.74, 6) is 0. The molecule has 98 valence electrons. The number of aryl methyl sites for hydroxylation is 2. The van der Waals surface area contributed by atoms with Crippen molar-refractivity contribution in [1.29, 1.82) is 0 Å². The van der Waals surface area contributed by atoms with Crippen molar-refractivity contribution in [1.82, 2.24) is 15.1 Å². The SMILES string of the molecule is CCCNC(Cc1cc(CC)nn1C)C(F)F. The fourth-order valence-corrected chi connectivity index (χ4v) is 1.74. The van der Waals surface area contributed by atoms with Crippen LogP contribution in [0.3, 0.4) is 0 Å². The Morgan fingerprint density at radius 1 is 1.41 bits per heavy atom. The van der Waals surface area contributed by atoms with E-state index >= 15 is 0 Å². The third-order valence-corrected chi connectivity index (χ3v) is 2.78. The van der Waals surface area contributed by atoms with Crippen molar-refractivity contribution < 1.29 is 8.78 Å². The smallest absolute Gasteiger partial charge is 0.254 e. The zero-order valence-corrected chi connectivity index (χ0v) is 10.7. The molecule has 0 saturated carbocycles. The van der Waals surface area contributed by atoms with E-state index in [1.165, 1.54) is 0 Å². The topological polar surface area (TPSA) is 29.9 Å². The van der Waals surface area contributed by atoms with Crippen LogP contribution in [0, 0.1) is 0 Å². The number of alkyl halides is 2. The van der Waals surface area contributed by atoms with E-state index in [-0.39, 0.29) is 0 Å². The van der Waals surface area contributed by atoms with Crippen molar-refractivity contribution in [2.24, 2.45) is 7.05 Å². The Kier molecular flexibility index (Phi) is 5.55. The van der Waals surface area contributed by atoms with E-state index in [0.717, 1.165) is 24.2 Å². The monoisotopic (exact) mass is 245 g/mol. The molecule has 1 unspecified atom stereocenters. The Labute approximate surface area is 101 Å². The van der Waals surface area contributed by atoms with Crippen molar-refractivity contribution >= 4 is 0 Å². The minimum atomic E-state index is -2.35. The predicted octanol–water partition coefficient (Wildman–Crippen LogP) is 2.16. The number of nitrogens with one attached hydrogen (secondary N) is 1. The summed E-state index contributed by atoms with van der Waals surface area (Å²) in [5, 5.41) is 7.15. The molecular formula is C12H21F2N3. The number of aromatic nitrogens is 2. The van der Waals surface area contributed by atoms with Crippen molar-refractivity contribution in [2.75, 3.05) is 6.54 Å². The van der Waals surface area contributed by atoms with Crippen LogP contribution in [0.15, 0.2) is 6.07 Å². The van der Waals surface area contributed by atoms with Gasteiger partial charge < -0.3 is 5.32 Å². The molecule has 3 nitrogen and oxygen atoms in total. The van der Waals surface area contributed by atoms with E-state index < -0.39 is 12.5 Å². The molecule has 0 aliphatic carbocycles. The second kappa shape index (κ2) is 6.69. The zero-order chi connectivity index (χ0) is 12.8. The molecule has 1 heterocycles. The number of hydrogen-bond acceptors (Lipinski definition) is 2. The number of halogens is 2. The Bertz CT molecular complexity index is 336. The fraction of sp³-hybridized carbons (Fsp3) is 0.750. The second-order valence-electron chi connectivity index (χ2n) is 4.20. The largest absolute Gasteiger partial charge is 0.309 e. The third kappa shape index (κ3) is 4.07. The minimum Gasteiger partial charge on any atom is -0.309 e. The van der Waals surface area contributed by atoms with Gasteiger partial charge in [0, 0.05) is 19.2 Å². The van der Waals surface area contributed by atoms with Crippen molar-refractivity contribution in [3.63, 3.8) is 0 Å². The number of rotatable bonds is 7. The predicted molar refractivity (Wildman–Crippen MR) is 64.4 cm³/mol. The van der Waals surface area contributed by atoms with Gasteiger partial charge in [0.15, 0.2) is 0 Å². The first kappa shape index (κ1) is 14.1. The van der Waals surface area contributed by atoms with Gasteiger partial charge in [0.05, 0.1) is 11.7 Å². The summed E-state index contributed by atoms with van der Waals surface area (Å²) in [7, 11) is 1.80. The van der Waals surface area contributed by atoms with Crippen LogP contribution in [0.25, 0.3) is 0 Å². The Morgan fingerprint density at radius 3 is 2.59 bits per heavy atom. The molecule has 1 aromatic heterocycles. The quantitative estimate of drug-likeness (QED) is 0.797. The van der Waals surface area contributed by atoms with E-state index in [9.17, 15) is 8.78 Å². The summed E-state index contributed by atoms with van der Waals surface area (Å²) in [6.45, 7) is 4.59. The van der Waals surface area contributed by atoms with Crippen LogP contribution >= 0.6 is 0 Å². The first-order chi connectivity index (χ1) is 8.08. The lowest BCUT2D eigenvalue weighted by Gasteiger charge is -2.17. The molecule has 1 aromatic rings. The summed E-state index contributed by atoms with van der Waals surface area (Å²) >= 11 is 0. The molecule has 17 heavy (non-hydrogen) atoms. The van der Waals surface area contributed by atoms with Crippen LogP contribution in [0.1, 0.15) is 31.7 Å². The van der Waals surface area contributed by atoms with Crippen LogP contribution < -0.4 is 5.32 Å². The molecule has 5 heteroatoms. The molecule has 0 spiro atoms. The van der Waals surface area contributed by atoms with E-state index in [1.807, 2.05) is 19.9 Å². The average molecular weight is 245 g/mol. The summed E-state index contributed by atoms with van der Waals surface area (Å²) in [5.41, 5.74) is 1.81. The highest BCUT2D eigenvalue weighted by atomic mass is 19.3. The van der Waals surface area contributed by atoms with Gasteiger partial charge in [-0.15, -0.1) is 0 Å². The van der Waals surface area contributed by atoms with Crippen molar-refractivity contribution in [3.05, 3.63) is 17.5 Å². The maximum Gasteiger partial charge on any atom is 0.254 e. The molecule has 0 amide bonds. The molecule has 0 fully saturated rings. The van der Waals surface area contributed by atoms with Crippen molar-refractivity contribution in [2.45, 2.75) is 45.6 Å². The second-order valence-corrected chi connectivity index (χ2v) is 4.20. The van der Waals surface area contributed by atoms with Gasteiger partial charge >= 0.3 is 0 Å². The first-order valence-electron chi connectivity index (χ1n) is 6.11. The lowest BCUT2D eigenvalue weighted by molar-refractivity contribution is 0.0974. The van der Waals surface area contributed by atoms with Gasteiger partial charge in [-0.3, -0.25) is 4.68 Å². The summed E-state index contributed by atoms with van der Waals surface area (Å²) < 4.78 is 27.4. The van der Waals surface area contributed by atoms with Gasteiger partial charge in [-0.1, -0.05) is 13.8 Å². The highest BCUT2D eigenvalue weighted by molar-refractivity contribution is 5.11. The Morgan fingerprint density at radius 2 is 2.12 bits per heavy atom. The van der Waals surface area contributed by atoms with Crippen LogP contribution in [-0.2, 0) is 19.9 Å². The average Bonchev–Trinajstić information content (AvgIpc) is 2.65. The van der Waals surface area contributed by atoms with Crippen LogP contribution in [-0.4, -0.2) is 28.8 Å². The Hall–Kier alpha value is -0.970. The summed E-state index contributed by atoms with van der Waals surface area (Å²) in [4.78, 5) is 0. The van der Waals surface area contributed by atoms with E-state index in [1.54, 1.807) is 11.7 Å². The van der Waals surface area contributed by atoms with Gasteiger partial charge in [0.25, 0.3) is 6.43 Å². The van der Waals surface area contributed by atoms with E-state index in [2.05, 4.69) is 10.4 Å². The van der Waals surface area contributed by atoms with Gasteiger partial charge in [-0.25, -0.2) is 8.78 Å².